The molecule has 2 saturated heterocycles. The van der Waals surface area contributed by atoms with Crippen LogP contribution in [-0.4, -0.2) is 39.5 Å². The smallest absolute Gasteiger partial charge is 0.150 e. The number of aliphatic hydroxyl groups is 1. The van der Waals surface area contributed by atoms with Crippen molar-refractivity contribution in [1.29, 1.82) is 0 Å². The Morgan fingerprint density at radius 2 is 2.00 bits per heavy atom. The molecule has 0 saturated carbocycles. The molecule has 1 N–H and O–H groups in total. The van der Waals surface area contributed by atoms with E-state index in [1.807, 2.05) is 16.9 Å². The number of rotatable bonds is 4. The van der Waals surface area contributed by atoms with Crippen molar-refractivity contribution in [2.24, 2.45) is 0 Å². The summed E-state index contributed by atoms with van der Waals surface area (Å²) >= 11 is 0. The van der Waals surface area contributed by atoms with Crippen LogP contribution in [0, 0.1) is 5.82 Å². The first-order valence-corrected chi connectivity index (χ1v) is 9.49. The van der Waals surface area contributed by atoms with Gasteiger partial charge >= 0.3 is 0 Å². The minimum absolute atomic E-state index is 0.0360. The summed E-state index contributed by atoms with van der Waals surface area (Å²) in [5.74, 6) is -0.323. The van der Waals surface area contributed by atoms with E-state index in [9.17, 15) is 9.50 Å². The summed E-state index contributed by atoms with van der Waals surface area (Å²) in [7, 11) is 0. The van der Waals surface area contributed by atoms with Crippen LogP contribution in [0.25, 0.3) is 0 Å². The SMILES string of the molecule is OC1(c2ccccc2F)CCN(Cc2ccnn2C2CCCCO2)CC1. The molecule has 0 radical (unpaired) electrons. The zero-order valence-electron chi connectivity index (χ0n) is 15.0. The Morgan fingerprint density at radius 3 is 2.73 bits per heavy atom. The monoisotopic (exact) mass is 359 g/mol. The number of likely N-dealkylation sites (tertiary alicyclic amines) is 1. The fraction of sp³-hybridized carbons (Fsp3) is 0.550. The van der Waals surface area contributed by atoms with Gasteiger partial charge in [-0.15, -0.1) is 0 Å². The molecule has 1 aromatic carbocycles. The maximum absolute atomic E-state index is 14.1. The molecule has 1 unspecified atom stereocenters. The predicted octanol–water partition coefficient (Wildman–Crippen LogP) is 3.20. The van der Waals surface area contributed by atoms with Crippen LogP contribution in [0.5, 0.6) is 0 Å². The van der Waals surface area contributed by atoms with Crippen LogP contribution >= 0.6 is 0 Å². The van der Waals surface area contributed by atoms with Crippen molar-refractivity contribution in [1.82, 2.24) is 14.7 Å². The van der Waals surface area contributed by atoms with E-state index in [4.69, 9.17) is 4.74 Å². The van der Waals surface area contributed by atoms with E-state index in [1.165, 1.54) is 12.5 Å². The average Bonchev–Trinajstić information content (AvgIpc) is 3.13. The van der Waals surface area contributed by atoms with Crippen LogP contribution in [0.3, 0.4) is 0 Å². The quantitative estimate of drug-likeness (QED) is 0.911. The topological polar surface area (TPSA) is 50.5 Å². The molecule has 2 aromatic rings. The van der Waals surface area contributed by atoms with Crippen molar-refractivity contribution in [3.63, 3.8) is 0 Å². The van der Waals surface area contributed by atoms with Crippen LogP contribution < -0.4 is 0 Å². The molecule has 0 bridgehead atoms. The van der Waals surface area contributed by atoms with Crippen LogP contribution in [0.2, 0.25) is 0 Å². The Hall–Kier alpha value is -1.76. The zero-order valence-corrected chi connectivity index (χ0v) is 15.0. The molecule has 26 heavy (non-hydrogen) atoms. The standard InChI is InChI=1S/C20H26FN3O2/c21-18-6-2-1-5-17(18)20(25)9-12-23(13-10-20)15-16-8-11-22-24(16)19-7-3-4-14-26-19/h1-2,5-6,8,11,19,25H,3-4,7,9-10,12-15H2. The van der Waals surface area contributed by atoms with Crippen LogP contribution in [0.1, 0.15) is 49.6 Å². The Labute approximate surface area is 153 Å². The second-order valence-electron chi connectivity index (χ2n) is 7.38. The van der Waals surface area contributed by atoms with Gasteiger partial charge in [0.15, 0.2) is 6.23 Å². The third kappa shape index (κ3) is 3.54. The highest BCUT2D eigenvalue weighted by molar-refractivity contribution is 5.25. The molecule has 6 heteroatoms. The van der Waals surface area contributed by atoms with E-state index in [2.05, 4.69) is 10.00 Å². The Morgan fingerprint density at radius 1 is 1.19 bits per heavy atom. The second-order valence-corrected chi connectivity index (χ2v) is 7.38. The Bertz CT molecular complexity index is 734. The maximum atomic E-state index is 14.1. The Balaban J connectivity index is 1.40. The van der Waals surface area contributed by atoms with E-state index in [0.717, 1.165) is 44.8 Å². The van der Waals surface area contributed by atoms with E-state index < -0.39 is 5.60 Å². The molecule has 4 rings (SSSR count). The van der Waals surface area contributed by atoms with Gasteiger partial charge in [-0.05, 0) is 44.2 Å². The summed E-state index contributed by atoms with van der Waals surface area (Å²) in [6, 6.07) is 8.59. The molecule has 0 aliphatic carbocycles. The van der Waals surface area contributed by atoms with Crippen molar-refractivity contribution >= 4 is 0 Å². The van der Waals surface area contributed by atoms with Gasteiger partial charge in [-0.1, -0.05) is 18.2 Å². The average molecular weight is 359 g/mol. The minimum atomic E-state index is -1.07. The highest BCUT2D eigenvalue weighted by Gasteiger charge is 2.36. The lowest BCUT2D eigenvalue weighted by molar-refractivity contribution is -0.0462. The lowest BCUT2D eigenvalue weighted by Gasteiger charge is -2.38. The van der Waals surface area contributed by atoms with E-state index in [0.29, 0.717) is 18.4 Å². The number of piperidine rings is 1. The van der Waals surface area contributed by atoms with Crippen LogP contribution in [0.15, 0.2) is 36.5 Å². The first kappa shape index (κ1) is 17.6. The largest absolute Gasteiger partial charge is 0.385 e. The highest BCUT2D eigenvalue weighted by Crippen LogP contribution is 2.35. The predicted molar refractivity (Wildman–Crippen MR) is 95.9 cm³/mol. The molecule has 3 heterocycles. The third-order valence-electron chi connectivity index (χ3n) is 5.62. The van der Waals surface area contributed by atoms with Crippen molar-refractivity contribution < 1.29 is 14.2 Å². The summed E-state index contributed by atoms with van der Waals surface area (Å²) in [5, 5.41) is 15.4. The first-order valence-electron chi connectivity index (χ1n) is 9.49. The highest BCUT2D eigenvalue weighted by atomic mass is 19.1. The summed E-state index contributed by atoms with van der Waals surface area (Å²) in [6.45, 7) is 3.01. The number of halogens is 1. The van der Waals surface area contributed by atoms with Crippen molar-refractivity contribution in [3.05, 3.63) is 53.6 Å². The minimum Gasteiger partial charge on any atom is -0.385 e. The number of nitrogens with zero attached hydrogens (tertiary/aromatic N) is 3. The van der Waals surface area contributed by atoms with E-state index in [-0.39, 0.29) is 12.0 Å². The number of ether oxygens (including phenoxy) is 1. The molecule has 2 fully saturated rings. The van der Waals surface area contributed by atoms with Gasteiger partial charge in [0.25, 0.3) is 0 Å². The fourth-order valence-corrected chi connectivity index (χ4v) is 4.06. The van der Waals surface area contributed by atoms with Crippen LogP contribution in [0.4, 0.5) is 4.39 Å². The molecular weight excluding hydrogens is 333 g/mol. The summed E-state index contributed by atoms with van der Waals surface area (Å²) in [5.41, 5.74) is 0.475. The maximum Gasteiger partial charge on any atom is 0.150 e. The number of hydrogen-bond acceptors (Lipinski definition) is 4. The van der Waals surface area contributed by atoms with Crippen molar-refractivity contribution in [2.75, 3.05) is 19.7 Å². The number of hydrogen-bond donors (Lipinski definition) is 1. The molecular formula is C20H26FN3O2. The van der Waals surface area contributed by atoms with Gasteiger partial charge in [-0.2, -0.15) is 5.10 Å². The first-order chi connectivity index (χ1) is 12.7. The van der Waals surface area contributed by atoms with Gasteiger partial charge in [0.1, 0.15) is 5.82 Å². The summed E-state index contributed by atoms with van der Waals surface area (Å²) in [4.78, 5) is 2.30. The van der Waals surface area contributed by atoms with Gasteiger partial charge in [-0.3, -0.25) is 4.90 Å². The molecule has 1 atom stereocenters. The lowest BCUT2D eigenvalue weighted by Crippen LogP contribution is -2.43. The van der Waals surface area contributed by atoms with Crippen LogP contribution in [-0.2, 0) is 16.9 Å². The molecule has 0 spiro atoms. The van der Waals surface area contributed by atoms with Crippen molar-refractivity contribution in [3.8, 4) is 0 Å². The van der Waals surface area contributed by atoms with Gasteiger partial charge in [0, 0.05) is 38.0 Å². The molecule has 1 aromatic heterocycles. The molecule has 140 valence electrons. The summed E-state index contributed by atoms with van der Waals surface area (Å²) < 4.78 is 21.9. The van der Waals surface area contributed by atoms with Gasteiger partial charge in [0.2, 0.25) is 0 Å². The number of benzene rings is 1. The van der Waals surface area contributed by atoms with E-state index in [1.54, 1.807) is 18.2 Å². The zero-order chi connectivity index (χ0) is 18.0. The van der Waals surface area contributed by atoms with Gasteiger partial charge in [-0.25, -0.2) is 9.07 Å². The van der Waals surface area contributed by atoms with E-state index >= 15 is 0 Å². The molecule has 2 aliphatic rings. The lowest BCUT2D eigenvalue weighted by atomic mass is 9.84. The summed E-state index contributed by atoms with van der Waals surface area (Å²) in [6.07, 6.45) is 6.21. The second kappa shape index (κ2) is 7.47. The third-order valence-corrected chi connectivity index (χ3v) is 5.62. The Kier molecular flexibility index (Phi) is 5.07. The number of aromatic nitrogens is 2. The van der Waals surface area contributed by atoms with Gasteiger partial charge < -0.3 is 9.84 Å². The normalized spacial score (nSPS) is 23.8. The van der Waals surface area contributed by atoms with Crippen molar-refractivity contribution in [2.45, 2.75) is 50.5 Å². The fourth-order valence-electron chi connectivity index (χ4n) is 4.06. The molecule has 0 amide bonds. The molecule has 2 aliphatic heterocycles. The van der Waals surface area contributed by atoms with Gasteiger partial charge in [0.05, 0.1) is 11.3 Å². The molecule has 5 nitrogen and oxygen atoms in total.